The van der Waals surface area contributed by atoms with Gasteiger partial charge in [-0.25, -0.2) is 0 Å². The van der Waals surface area contributed by atoms with E-state index in [4.69, 9.17) is 4.65 Å². The predicted molar refractivity (Wildman–Crippen MR) is 110 cm³/mol. The monoisotopic (exact) mass is 347 g/mol. The first kappa shape index (κ1) is 18.9. The van der Waals surface area contributed by atoms with Gasteiger partial charge in [0.05, 0.1) is 6.10 Å². The molecular weight excluding hydrogens is 312 g/mol. The van der Waals surface area contributed by atoms with Crippen LogP contribution in [0.4, 0.5) is 0 Å². The van der Waals surface area contributed by atoms with Crippen molar-refractivity contribution in [3.8, 4) is 0 Å². The van der Waals surface area contributed by atoms with Crippen molar-refractivity contribution in [2.45, 2.75) is 76.5 Å². The van der Waals surface area contributed by atoms with E-state index >= 15 is 0 Å². The smallest absolute Gasteiger partial charge is 0.408 e. The molecule has 0 aromatic heterocycles. The van der Waals surface area contributed by atoms with Crippen LogP contribution in [0.3, 0.4) is 0 Å². The summed E-state index contributed by atoms with van der Waals surface area (Å²) in [5, 5.41) is 0. The van der Waals surface area contributed by atoms with E-state index in [9.17, 15) is 0 Å². The number of allylic oxidation sites excluding steroid dienone is 1. The van der Waals surface area contributed by atoms with Crippen LogP contribution < -0.4 is 0 Å². The van der Waals surface area contributed by atoms with Gasteiger partial charge in [0, 0.05) is 4.75 Å². The fourth-order valence-corrected chi connectivity index (χ4v) is 6.63. The highest BCUT2D eigenvalue weighted by molar-refractivity contribution is 8.25. The quantitative estimate of drug-likeness (QED) is 0.563. The first-order valence-electron chi connectivity index (χ1n) is 9.99. The minimum absolute atomic E-state index is 0.279. The van der Waals surface area contributed by atoms with Crippen molar-refractivity contribution in [1.29, 1.82) is 0 Å². The molecule has 0 amide bonds. The Morgan fingerprint density at radius 1 is 1.42 bits per heavy atom. The molecule has 0 spiro atoms. The van der Waals surface area contributed by atoms with Crippen molar-refractivity contribution in [3.05, 3.63) is 12.2 Å². The Morgan fingerprint density at radius 3 is 2.83 bits per heavy atom. The molecule has 3 rings (SSSR count). The number of fused-ring (bicyclic) bond motifs is 1. The van der Waals surface area contributed by atoms with E-state index in [0.29, 0.717) is 16.8 Å². The number of piperidine rings is 1. The molecule has 2 saturated heterocycles. The topological polar surface area (TPSA) is 12.5 Å². The van der Waals surface area contributed by atoms with Gasteiger partial charge in [0.2, 0.25) is 0 Å². The summed E-state index contributed by atoms with van der Waals surface area (Å²) in [6, 6.07) is 0. The van der Waals surface area contributed by atoms with E-state index in [1.165, 1.54) is 50.8 Å². The molecule has 2 aliphatic heterocycles. The maximum Gasteiger partial charge on any atom is 0.455 e. The zero-order valence-electron chi connectivity index (χ0n) is 16.4. The van der Waals surface area contributed by atoms with E-state index in [2.05, 4.69) is 58.5 Å². The summed E-state index contributed by atoms with van der Waals surface area (Å²) in [6.07, 6.45) is 7.17. The fourth-order valence-electron chi connectivity index (χ4n) is 5.12. The second-order valence-electron chi connectivity index (χ2n) is 9.47. The summed E-state index contributed by atoms with van der Waals surface area (Å²) in [6.45, 7) is 16.0. The fraction of sp³-hybridized carbons (Fsp3) is 0.895. The highest BCUT2D eigenvalue weighted by atomic mass is 32.2. The standard InChI is InChI=1S/C19H35B2NOS/c1-13(2)8-15-9-17(20)12-22(11-15)21-23-18-10-16(14(3)4)6-7-19(18,5)24-21/h13,15-18H,3,6-12,20H2,1-2,4-5H3/t15?,16-,17?,18+,19?/m0/s1. The Bertz CT molecular complexity index is 472. The van der Waals surface area contributed by atoms with Crippen molar-refractivity contribution in [2.75, 3.05) is 13.1 Å². The molecule has 2 nitrogen and oxygen atoms in total. The van der Waals surface area contributed by atoms with Crippen molar-refractivity contribution in [1.82, 2.24) is 4.81 Å². The average molecular weight is 347 g/mol. The lowest BCUT2D eigenvalue weighted by Gasteiger charge is -2.38. The number of rotatable bonds is 4. The molecular formula is C19H35B2NOS. The normalized spacial score (nSPS) is 40.8. The Hall–Kier alpha value is 0.140. The summed E-state index contributed by atoms with van der Waals surface area (Å²) in [5.74, 6) is 3.11. The predicted octanol–water partition coefficient (Wildman–Crippen LogP) is 4.03. The highest BCUT2D eigenvalue weighted by Gasteiger charge is 2.53. The van der Waals surface area contributed by atoms with Gasteiger partial charge in [0.25, 0.3) is 0 Å². The molecule has 3 fully saturated rings. The van der Waals surface area contributed by atoms with Crippen LogP contribution in [0.15, 0.2) is 12.2 Å². The second-order valence-corrected chi connectivity index (χ2v) is 11.0. The van der Waals surface area contributed by atoms with E-state index in [0.717, 1.165) is 17.7 Å². The van der Waals surface area contributed by atoms with Gasteiger partial charge in [-0.05, 0) is 70.4 Å². The van der Waals surface area contributed by atoms with Gasteiger partial charge in [-0.1, -0.05) is 38.2 Å². The molecule has 1 aliphatic carbocycles. The number of hydrogen-bond donors (Lipinski definition) is 0. The van der Waals surface area contributed by atoms with E-state index in [1.807, 2.05) is 0 Å². The molecule has 24 heavy (non-hydrogen) atoms. The summed E-state index contributed by atoms with van der Waals surface area (Å²) in [4.78, 5) is 2.66. The third kappa shape index (κ3) is 4.10. The van der Waals surface area contributed by atoms with Crippen LogP contribution in [-0.2, 0) is 4.65 Å². The summed E-state index contributed by atoms with van der Waals surface area (Å²) in [5.41, 5.74) is 1.35. The highest BCUT2D eigenvalue weighted by Crippen LogP contribution is 2.52. The molecule has 0 bridgehead atoms. The molecule has 2 heterocycles. The van der Waals surface area contributed by atoms with Gasteiger partial charge in [-0.15, -0.1) is 11.6 Å². The summed E-state index contributed by atoms with van der Waals surface area (Å²) < 4.78 is 6.95. The van der Waals surface area contributed by atoms with E-state index in [-0.39, 0.29) is 6.33 Å². The van der Waals surface area contributed by atoms with Crippen LogP contribution in [0.2, 0.25) is 5.82 Å². The molecule has 0 radical (unpaired) electrons. The Labute approximate surface area is 155 Å². The first-order chi connectivity index (χ1) is 11.3. The maximum absolute atomic E-state index is 6.64. The maximum atomic E-state index is 6.64. The van der Waals surface area contributed by atoms with Crippen molar-refractivity contribution in [3.63, 3.8) is 0 Å². The van der Waals surface area contributed by atoms with Crippen LogP contribution in [0.1, 0.15) is 59.8 Å². The lowest BCUT2D eigenvalue weighted by molar-refractivity contribution is 0.0980. The van der Waals surface area contributed by atoms with Crippen molar-refractivity contribution in [2.24, 2.45) is 17.8 Å². The third-order valence-corrected chi connectivity index (χ3v) is 8.01. The van der Waals surface area contributed by atoms with Gasteiger partial charge in [-0.3, -0.25) is 0 Å². The molecule has 134 valence electrons. The van der Waals surface area contributed by atoms with Crippen molar-refractivity contribution >= 4 is 25.8 Å². The van der Waals surface area contributed by atoms with Gasteiger partial charge < -0.3 is 9.47 Å². The van der Waals surface area contributed by atoms with E-state index < -0.39 is 0 Å². The Morgan fingerprint density at radius 2 is 2.17 bits per heavy atom. The molecule has 5 heteroatoms. The minimum atomic E-state index is 0.279. The molecule has 1 saturated carbocycles. The zero-order chi connectivity index (χ0) is 17.5. The molecule has 0 aromatic carbocycles. The van der Waals surface area contributed by atoms with Crippen LogP contribution in [-0.4, -0.2) is 42.9 Å². The van der Waals surface area contributed by atoms with E-state index in [1.54, 1.807) is 0 Å². The average Bonchev–Trinajstić information content (AvgIpc) is 2.82. The molecule has 5 atom stereocenters. The SMILES string of the molecule is BC1CC(CC(C)C)CN(B2O[C@@H]3C[C@@H](C(=C)C)CCC3(C)S2)C1. The lowest BCUT2D eigenvalue weighted by Crippen LogP contribution is -2.47. The molecule has 3 unspecified atom stereocenters. The first-order valence-corrected chi connectivity index (χ1v) is 10.9. The Kier molecular flexibility index (Phi) is 5.84. The molecule has 0 N–H and O–H groups in total. The van der Waals surface area contributed by atoms with Crippen LogP contribution >= 0.6 is 11.6 Å². The van der Waals surface area contributed by atoms with Gasteiger partial charge in [0.15, 0.2) is 0 Å². The van der Waals surface area contributed by atoms with Crippen molar-refractivity contribution < 1.29 is 4.65 Å². The van der Waals surface area contributed by atoms with Gasteiger partial charge in [0.1, 0.15) is 7.85 Å². The third-order valence-electron chi connectivity index (χ3n) is 6.39. The van der Waals surface area contributed by atoms with Gasteiger partial charge >= 0.3 is 6.33 Å². The second kappa shape index (κ2) is 7.40. The molecule has 3 aliphatic rings. The molecule has 0 aromatic rings. The Balaban J connectivity index is 1.64. The minimum Gasteiger partial charge on any atom is -0.408 e. The lowest BCUT2D eigenvalue weighted by atomic mass is 9.73. The summed E-state index contributed by atoms with van der Waals surface area (Å²) in [7, 11) is 2.42. The van der Waals surface area contributed by atoms with Gasteiger partial charge in [-0.2, -0.15) is 0 Å². The van der Waals surface area contributed by atoms with Crippen LogP contribution in [0.25, 0.3) is 0 Å². The zero-order valence-corrected chi connectivity index (χ0v) is 17.2. The number of hydrogen-bond acceptors (Lipinski definition) is 3. The largest absolute Gasteiger partial charge is 0.455 e. The number of nitrogens with zero attached hydrogens (tertiary/aromatic N) is 1. The van der Waals surface area contributed by atoms with Crippen LogP contribution in [0.5, 0.6) is 0 Å². The van der Waals surface area contributed by atoms with Crippen LogP contribution in [0, 0.1) is 17.8 Å². The summed E-state index contributed by atoms with van der Waals surface area (Å²) >= 11 is 2.11.